The maximum Gasteiger partial charge on any atom is 0.339 e. The molecule has 0 spiro atoms. The second kappa shape index (κ2) is 10.2. The number of hydrogen-bond donors (Lipinski definition) is 1. The molecular weight excluding hydrogens is 444 g/mol. The van der Waals surface area contributed by atoms with Crippen LogP contribution in [0, 0.1) is 23.2 Å². The Morgan fingerprint density at radius 3 is 2.37 bits per heavy atom. The van der Waals surface area contributed by atoms with E-state index < -0.39 is 0 Å². The highest BCUT2D eigenvalue weighted by Gasteiger charge is 2.51. The fourth-order valence-electron chi connectivity index (χ4n) is 7.50. The van der Waals surface area contributed by atoms with Gasteiger partial charge in [0.2, 0.25) is 11.8 Å². The van der Waals surface area contributed by atoms with Crippen molar-refractivity contribution >= 4 is 23.6 Å². The van der Waals surface area contributed by atoms with Gasteiger partial charge in [-0.15, -0.1) is 0 Å². The van der Waals surface area contributed by atoms with Crippen molar-refractivity contribution < 1.29 is 19.1 Å². The first-order chi connectivity index (χ1) is 16.9. The van der Waals surface area contributed by atoms with Gasteiger partial charge in [-0.1, -0.05) is 0 Å². The second-order valence-electron chi connectivity index (χ2n) is 11.2. The number of carbonyl (C=O) groups excluding carboxylic acids is 3. The molecule has 1 saturated heterocycles. The number of rotatable bonds is 7. The predicted octanol–water partition coefficient (Wildman–Crippen LogP) is 3.02. The average Bonchev–Trinajstić information content (AvgIpc) is 3.08. The van der Waals surface area contributed by atoms with Crippen LogP contribution in [0.25, 0.3) is 0 Å². The van der Waals surface area contributed by atoms with Crippen LogP contribution in [0.4, 0.5) is 5.82 Å². The normalized spacial score (nSPS) is 29.6. The summed E-state index contributed by atoms with van der Waals surface area (Å²) < 4.78 is 5.02. The first kappa shape index (κ1) is 24.1. The lowest BCUT2D eigenvalue weighted by atomic mass is 9.49. The van der Waals surface area contributed by atoms with Crippen LogP contribution in [0.2, 0.25) is 0 Å². The molecule has 0 aromatic carbocycles. The summed E-state index contributed by atoms with van der Waals surface area (Å²) in [4.78, 5) is 45.9. The fourth-order valence-corrected chi connectivity index (χ4v) is 7.50. The fraction of sp³-hybridized carbons (Fsp3) is 0.704. The van der Waals surface area contributed by atoms with Gasteiger partial charge in [0, 0.05) is 38.8 Å². The zero-order valence-corrected chi connectivity index (χ0v) is 20.8. The summed E-state index contributed by atoms with van der Waals surface area (Å²) in [7, 11) is 0. The number of amides is 2. The van der Waals surface area contributed by atoms with Crippen molar-refractivity contribution in [3.8, 4) is 0 Å². The number of anilines is 1. The van der Waals surface area contributed by atoms with E-state index in [2.05, 4.69) is 15.2 Å². The van der Waals surface area contributed by atoms with E-state index in [9.17, 15) is 14.4 Å². The molecule has 1 aromatic rings. The van der Waals surface area contributed by atoms with Crippen molar-refractivity contribution in [3.05, 3.63) is 23.9 Å². The smallest absolute Gasteiger partial charge is 0.339 e. The average molecular weight is 483 g/mol. The summed E-state index contributed by atoms with van der Waals surface area (Å²) in [5.41, 5.74) is 0.632. The third-order valence-corrected chi connectivity index (χ3v) is 8.57. The van der Waals surface area contributed by atoms with Gasteiger partial charge in [0.25, 0.3) is 0 Å². The van der Waals surface area contributed by atoms with Crippen LogP contribution in [0.15, 0.2) is 18.3 Å². The molecule has 1 aliphatic heterocycles. The van der Waals surface area contributed by atoms with Gasteiger partial charge in [-0.05, 0) is 87.2 Å². The highest BCUT2D eigenvalue weighted by Crippen LogP contribution is 2.61. The van der Waals surface area contributed by atoms with E-state index >= 15 is 0 Å². The van der Waals surface area contributed by atoms with Gasteiger partial charge in [0.15, 0.2) is 0 Å². The number of carbonyl (C=O) groups is 3. The quantitative estimate of drug-likeness (QED) is 0.601. The third kappa shape index (κ3) is 5.46. The maximum absolute atomic E-state index is 12.9. The number of nitrogens with zero attached hydrogens (tertiary/aromatic N) is 3. The zero-order valence-electron chi connectivity index (χ0n) is 20.8. The highest BCUT2D eigenvalue weighted by molar-refractivity contribution is 5.89. The Bertz CT molecular complexity index is 912. The first-order valence-electron chi connectivity index (χ1n) is 13.4. The summed E-state index contributed by atoms with van der Waals surface area (Å²) in [5, 5.41) is 2.95. The van der Waals surface area contributed by atoms with Gasteiger partial charge in [-0.25, -0.2) is 9.78 Å². The molecular formula is C27H38N4O4. The second-order valence-corrected chi connectivity index (χ2v) is 11.2. The lowest BCUT2D eigenvalue weighted by Crippen LogP contribution is -2.49. The molecule has 2 amide bonds. The Kier molecular flexibility index (Phi) is 6.98. The summed E-state index contributed by atoms with van der Waals surface area (Å²) in [5.74, 6) is 2.92. The molecule has 1 N–H and O–H groups in total. The summed E-state index contributed by atoms with van der Waals surface area (Å²) >= 11 is 0. The Morgan fingerprint density at radius 1 is 1.03 bits per heavy atom. The van der Waals surface area contributed by atoms with Crippen LogP contribution in [0.3, 0.4) is 0 Å². The molecule has 5 aliphatic rings. The zero-order chi connectivity index (χ0) is 24.4. The van der Waals surface area contributed by atoms with Crippen molar-refractivity contribution in [2.45, 2.75) is 58.3 Å². The van der Waals surface area contributed by atoms with Gasteiger partial charge < -0.3 is 19.9 Å². The number of pyridine rings is 1. The van der Waals surface area contributed by atoms with E-state index in [1.54, 1.807) is 19.2 Å². The van der Waals surface area contributed by atoms with E-state index in [0.29, 0.717) is 38.2 Å². The van der Waals surface area contributed by atoms with Crippen molar-refractivity contribution in [3.63, 3.8) is 0 Å². The van der Waals surface area contributed by atoms with Crippen LogP contribution in [-0.4, -0.2) is 67.0 Å². The first-order valence-corrected chi connectivity index (χ1v) is 13.4. The van der Waals surface area contributed by atoms with E-state index in [-0.39, 0.29) is 29.7 Å². The van der Waals surface area contributed by atoms with Crippen LogP contribution in [-0.2, 0) is 14.3 Å². The van der Waals surface area contributed by atoms with Gasteiger partial charge in [0.1, 0.15) is 5.82 Å². The molecule has 8 heteroatoms. The molecule has 1 aromatic heterocycles. The molecule has 4 bridgehead atoms. The van der Waals surface area contributed by atoms with Gasteiger partial charge >= 0.3 is 5.97 Å². The molecule has 5 fully saturated rings. The van der Waals surface area contributed by atoms with E-state index in [4.69, 9.17) is 4.74 Å². The van der Waals surface area contributed by atoms with Gasteiger partial charge in [-0.2, -0.15) is 0 Å². The molecule has 190 valence electrons. The van der Waals surface area contributed by atoms with Crippen molar-refractivity contribution in [1.29, 1.82) is 0 Å². The molecule has 4 saturated carbocycles. The summed E-state index contributed by atoms with van der Waals surface area (Å²) in [6.45, 7) is 4.90. The molecule has 2 heterocycles. The van der Waals surface area contributed by atoms with Crippen LogP contribution in [0.5, 0.6) is 0 Å². The topological polar surface area (TPSA) is 91.8 Å². The van der Waals surface area contributed by atoms with E-state index in [0.717, 1.165) is 36.5 Å². The third-order valence-electron chi connectivity index (χ3n) is 8.57. The number of ether oxygens (including phenoxy) is 1. The largest absolute Gasteiger partial charge is 0.462 e. The number of aromatic nitrogens is 1. The minimum atomic E-state index is -0.371. The Hall–Kier alpha value is -2.64. The predicted molar refractivity (Wildman–Crippen MR) is 132 cm³/mol. The number of hydrogen-bond acceptors (Lipinski definition) is 6. The summed E-state index contributed by atoms with van der Waals surface area (Å²) in [6.07, 6.45) is 10.7. The van der Waals surface area contributed by atoms with Crippen molar-refractivity contribution in [2.24, 2.45) is 23.2 Å². The number of esters is 1. The van der Waals surface area contributed by atoms with Gasteiger partial charge in [0.05, 0.1) is 18.7 Å². The van der Waals surface area contributed by atoms with Gasteiger partial charge in [-0.3, -0.25) is 9.59 Å². The Labute approximate surface area is 207 Å². The molecule has 0 atom stereocenters. The molecule has 4 aliphatic carbocycles. The summed E-state index contributed by atoms with van der Waals surface area (Å²) in [6, 6.07) is 3.56. The Morgan fingerprint density at radius 2 is 1.74 bits per heavy atom. The lowest BCUT2D eigenvalue weighted by Gasteiger charge is -2.56. The minimum Gasteiger partial charge on any atom is -0.462 e. The number of nitrogens with one attached hydrogen (secondary N) is 1. The van der Waals surface area contributed by atoms with Crippen LogP contribution in [0.1, 0.15) is 68.6 Å². The van der Waals surface area contributed by atoms with E-state index in [1.165, 1.54) is 38.5 Å². The van der Waals surface area contributed by atoms with Crippen molar-refractivity contribution in [2.75, 3.05) is 44.2 Å². The molecule has 8 nitrogen and oxygen atoms in total. The molecule has 35 heavy (non-hydrogen) atoms. The molecule has 6 rings (SSSR count). The standard InChI is InChI=1S/C27H38N4O4/c1-2-35-26(34)22-4-5-23(28-17-22)30-6-3-7-31(9-8-30)25(33)18-29-24(32)16-27-13-19-10-20(14-27)12-21(11-19)15-27/h4-5,17,19-21H,2-3,6-16,18H2,1H3,(H,29,32). The van der Waals surface area contributed by atoms with Crippen LogP contribution < -0.4 is 10.2 Å². The lowest BCUT2D eigenvalue weighted by molar-refractivity contribution is -0.135. The molecule has 0 radical (unpaired) electrons. The van der Waals surface area contributed by atoms with Crippen molar-refractivity contribution in [1.82, 2.24) is 15.2 Å². The minimum absolute atomic E-state index is 0.0173. The SMILES string of the molecule is CCOC(=O)c1ccc(N2CCCN(C(=O)CNC(=O)CC34CC5CC(CC(C5)C3)C4)CC2)nc1. The van der Waals surface area contributed by atoms with Crippen LogP contribution >= 0.6 is 0 Å². The molecule has 0 unspecified atom stereocenters. The monoisotopic (exact) mass is 482 g/mol. The Balaban J connectivity index is 1.08. The van der Waals surface area contributed by atoms with E-state index in [1.807, 2.05) is 11.0 Å². The highest BCUT2D eigenvalue weighted by atomic mass is 16.5. The maximum atomic E-state index is 12.9.